The molecule has 4 aromatic heterocycles. The van der Waals surface area contributed by atoms with Crippen LogP contribution >= 0.6 is 0 Å². The van der Waals surface area contributed by atoms with E-state index >= 15 is 0 Å². The van der Waals surface area contributed by atoms with Crippen LogP contribution in [0.1, 0.15) is 0 Å². The van der Waals surface area contributed by atoms with Crippen LogP contribution in [0.2, 0.25) is 0 Å². The number of para-hydroxylation sites is 2. The number of rotatable bonds is 6. The van der Waals surface area contributed by atoms with Crippen LogP contribution in [0.4, 0.5) is 0 Å². The van der Waals surface area contributed by atoms with E-state index in [0.717, 1.165) is 83.2 Å². The summed E-state index contributed by atoms with van der Waals surface area (Å²) in [5.74, 6) is 0. The van der Waals surface area contributed by atoms with Gasteiger partial charge in [0.15, 0.2) is 5.58 Å². The maximum Gasteiger partial charge on any atom is 0.180 e. The molecule has 0 radical (unpaired) electrons. The van der Waals surface area contributed by atoms with E-state index in [2.05, 4.69) is 193 Å². The number of benzene rings is 9. The van der Waals surface area contributed by atoms with Gasteiger partial charge in [-0.05, 0) is 117 Å². The summed E-state index contributed by atoms with van der Waals surface area (Å²) < 4.78 is 15.5. The highest BCUT2D eigenvalue weighted by Crippen LogP contribution is 2.43. The van der Waals surface area contributed by atoms with Crippen molar-refractivity contribution in [3.63, 3.8) is 0 Å². The number of furan rings is 2. The number of nitrogens with zero attached hydrogens (tertiary/aromatic N) is 3. The minimum Gasteiger partial charge on any atom is -0.456 e. The van der Waals surface area contributed by atoms with Crippen molar-refractivity contribution in [2.45, 2.75) is 0 Å². The van der Waals surface area contributed by atoms with Crippen LogP contribution in [-0.4, -0.2) is 14.5 Å². The van der Waals surface area contributed by atoms with Gasteiger partial charge in [-0.25, -0.2) is 9.97 Å². The molecule has 13 aromatic rings. The Labute approximate surface area is 361 Å². The fourth-order valence-electron chi connectivity index (χ4n) is 9.55. The van der Waals surface area contributed by atoms with Crippen LogP contribution in [0.3, 0.4) is 0 Å². The van der Waals surface area contributed by atoms with E-state index in [1.807, 2.05) is 18.2 Å². The Balaban J connectivity index is 0.905. The van der Waals surface area contributed by atoms with Crippen molar-refractivity contribution in [1.29, 1.82) is 0 Å². The second-order valence-corrected chi connectivity index (χ2v) is 16.2. The Morgan fingerprint density at radius 1 is 0.349 bits per heavy atom. The van der Waals surface area contributed by atoms with Crippen molar-refractivity contribution in [2.75, 3.05) is 0 Å². The van der Waals surface area contributed by atoms with Crippen LogP contribution in [0.15, 0.2) is 221 Å². The van der Waals surface area contributed by atoms with E-state index in [1.54, 1.807) is 6.33 Å². The predicted molar refractivity (Wildman–Crippen MR) is 258 cm³/mol. The predicted octanol–water partition coefficient (Wildman–Crippen LogP) is 15.7. The molecule has 5 heteroatoms. The fourth-order valence-corrected chi connectivity index (χ4v) is 9.55. The van der Waals surface area contributed by atoms with Crippen LogP contribution in [-0.2, 0) is 0 Å². The zero-order valence-electron chi connectivity index (χ0n) is 33.9. The summed E-state index contributed by atoms with van der Waals surface area (Å²) in [5.41, 5.74) is 18.1. The van der Waals surface area contributed by atoms with Gasteiger partial charge in [0, 0.05) is 38.2 Å². The first-order valence-corrected chi connectivity index (χ1v) is 21.2. The smallest absolute Gasteiger partial charge is 0.180 e. The van der Waals surface area contributed by atoms with Gasteiger partial charge < -0.3 is 13.4 Å². The van der Waals surface area contributed by atoms with Crippen LogP contribution in [0, 0.1) is 0 Å². The quantitative estimate of drug-likeness (QED) is 0.168. The number of hydrogen-bond acceptors (Lipinski definition) is 4. The Morgan fingerprint density at radius 2 is 0.905 bits per heavy atom. The van der Waals surface area contributed by atoms with E-state index in [0.29, 0.717) is 5.58 Å². The van der Waals surface area contributed by atoms with Gasteiger partial charge in [-0.1, -0.05) is 133 Å². The van der Waals surface area contributed by atoms with E-state index in [4.69, 9.17) is 18.8 Å². The molecule has 0 aliphatic heterocycles. The zero-order chi connectivity index (χ0) is 41.4. The monoisotopic (exact) mass is 805 g/mol. The maximum atomic E-state index is 6.66. The molecule has 0 N–H and O–H groups in total. The lowest BCUT2D eigenvalue weighted by Gasteiger charge is -2.09. The summed E-state index contributed by atoms with van der Waals surface area (Å²) in [7, 11) is 0. The molecule has 0 amide bonds. The summed E-state index contributed by atoms with van der Waals surface area (Å²) in [5, 5.41) is 5.38. The third kappa shape index (κ3) is 5.71. The maximum absolute atomic E-state index is 6.66. The van der Waals surface area contributed by atoms with E-state index in [9.17, 15) is 0 Å². The number of fused-ring (bicyclic) bond motifs is 9. The Hall–Kier alpha value is -8.54. The number of hydrogen-bond donors (Lipinski definition) is 0. The van der Waals surface area contributed by atoms with E-state index in [1.165, 1.54) is 38.5 Å². The van der Waals surface area contributed by atoms with Gasteiger partial charge in [0.1, 0.15) is 34.3 Å². The lowest BCUT2D eigenvalue weighted by Crippen LogP contribution is -1.92. The normalized spacial score (nSPS) is 11.8. The van der Waals surface area contributed by atoms with Crippen molar-refractivity contribution < 1.29 is 8.83 Å². The Kier molecular flexibility index (Phi) is 7.84. The fraction of sp³-hybridized carbons (Fsp3) is 0. The van der Waals surface area contributed by atoms with Crippen molar-refractivity contribution in [1.82, 2.24) is 14.5 Å². The highest BCUT2D eigenvalue weighted by molar-refractivity contribution is 6.17. The molecular formula is C58H35N3O2. The highest BCUT2D eigenvalue weighted by atomic mass is 16.3. The van der Waals surface area contributed by atoms with Gasteiger partial charge >= 0.3 is 0 Å². The topological polar surface area (TPSA) is 57.0 Å². The molecule has 4 heterocycles. The van der Waals surface area contributed by atoms with E-state index < -0.39 is 0 Å². The SMILES string of the molecule is c1ccc(-c2cccc(-c3cccc(-c4ccc5oc6c(-c7cccc8oc9ccc(-c%10ccc%11c(c%10)c%10ccccc%10n%11-c%10ccccc%10)cc9c78)ncnc6c5c4)c3)c2)cc1. The summed E-state index contributed by atoms with van der Waals surface area (Å²) in [4.78, 5) is 9.70. The molecule has 9 aromatic carbocycles. The van der Waals surface area contributed by atoms with Crippen molar-refractivity contribution in [3.05, 3.63) is 213 Å². The molecule has 0 bridgehead atoms. The van der Waals surface area contributed by atoms with Gasteiger partial charge in [-0.3, -0.25) is 0 Å². The average Bonchev–Trinajstić information content (AvgIpc) is 4.03. The van der Waals surface area contributed by atoms with E-state index in [-0.39, 0.29) is 0 Å². The molecule has 0 unspecified atom stereocenters. The third-order valence-electron chi connectivity index (χ3n) is 12.5. The van der Waals surface area contributed by atoms with Crippen molar-refractivity contribution >= 4 is 65.8 Å². The molecule has 0 atom stereocenters. The average molecular weight is 806 g/mol. The zero-order valence-corrected chi connectivity index (χ0v) is 33.9. The molecule has 0 spiro atoms. The first-order valence-electron chi connectivity index (χ1n) is 21.2. The van der Waals surface area contributed by atoms with Gasteiger partial charge in [0.25, 0.3) is 0 Å². The standard InChI is InChI=1S/C58H35N3O2/c1-3-12-36(13-4-1)37-14-9-15-38(30-37)39-16-10-17-40(31-39)43-26-29-53-49(34-43)57-58(63-53)56(59-35-60-57)46-21-11-23-54-55(46)48-33-42(25-28-52(48)62-54)41-24-27-51-47(32-41)45-20-7-8-22-50(45)61(51)44-18-5-2-6-19-44/h1-35H. The minimum absolute atomic E-state index is 0.648. The largest absolute Gasteiger partial charge is 0.456 e. The van der Waals surface area contributed by atoms with Crippen molar-refractivity contribution in [2.24, 2.45) is 0 Å². The van der Waals surface area contributed by atoms with Crippen LogP contribution < -0.4 is 0 Å². The summed E-state index contributed by atoms with van der Waals surface area (Å²) in [6.45, 7) is 0. The first-order chi connectivity index (χ1) is 31.2. The number of aromatic nitrogens is 3. The third-order valence-corrected chi connectivity index (χ3v) is 12.5. The Morgan fingerprint density at radius 3 is 1.65 bits per heavy atom. The molecule has 0 fully saturated rings. The lowest BCUT2D eigenvalue weighted by atomic mass is 9.96. The second-order valence-electron chi connectivity index (χ2n) is 16.2. The van der Waals surface area contributed by atoms with Gasteiger partial charge in [0.2, 0.25) is 0 Å². The molecule has 0 aliphatic rings. The lowest BCUT2D eigenvalue weighted by molar-refractivity contribution is 0.667. The summed E-state index contributed by atoms with van der Waals surface area (Å²) in [6.07, 6.45) is 1.65. The first kappa shape index (κ1) is 35.2. The molecule has 0 saturated carbocycles. The summed E-state index contributed by atoms with van der Waals surface area (Å²) >= 11 is 0. The van der Waals surface area contributed by atoms with Crippen LogP contribution in [0.25, 0.3) is 127 Å². The molecule has 0 saturated heterocycles. The molecule has 0 aliphatic carbocycles. The Bertz CT molecular complexity index is 3910. The molecule has 13 rings (SSSR count). The van der Waals surface area contributed by atoms with Gasteiger partial charge in [-0.15, -0.1) is 0 Å². The minimum atomic E-state index is 0.648. The molecule has 5 nitrogen and oxygen atoms in total. The van der Waals surface area contributed by atoms with Crippen molar-refractivity contribution in [3.8, 4) is 61.5 Å². The molecular weight excluding hydrogens is 771 g/mol. The highest BCUT2D eigenvalue weighted by Gasteiger charge is 2.21. The van der Waals surface area contributed by atoms with Gasteiger partial charge in [0.05, 0.1) is 11.0 Å². The second kappa shape index (κ2) is 14.0. The molecule has 63 heavy (non-hydrogen) atoms. The summed E-state index contributed by atoms with van der Waals surface area (Å²) in [6, 6.07) is 72.9. The molecule has 294 valence electrons. The van der Waals surface area contributed by atoms with Crippen LogP contribution in [0.5, 0.6) is 0 Å². The van der Waals surface area contributed by atoms with Gasteiger partial charge in [-0.2, -0.15) is 0 Å².